The number of aryl methyl sites for hydroxylation is 1. The number of nitrogens with one attached hydrogen (secondary N) is 1. The minimum Gasteiger partial charge on any atom is -0.354 e. The van der Waals surface area contributed by atoms with Crippen LogP contribution in [0.15, 0.2) is 42.7 Å². The van der Waals surface area contributed by atoms with Crippen LogP contribution >= 0.6 is 0 Å². The highest BCUT2D eigenvalue weighted by Gasteiger charge is 2.07. The Labute approximate surface area is 124 Å². The molecule has 0 aliphatic carbocycles. The van der Waals surface area contributed by atoms with Gasteiger partial charge < -0.3 is 5.32 Å². The van der Waals surface area contributed by atoms with Crippen molar-refractivity contribution in [3.8, 4) is 11.3 Å². The van der Waals surface area contributed by atoms with Crippen LogP contribution in [0.4, 0.5) is 5.95 Å². The molecule has 106 valence electrons. The molecular weight excluding hydrogens is 260 g/mol. The van der Waals surface area contributed by atoms with Crippen molar-refractivity contribution in [2.45, 2.75) is 20.3 Å². The standard InChI is InChI=1S/C17H18N4/c1-3-8-19-17-20-11-12(2)16(21-17)14-6-7-15-13(10-14)5-4-9-18-15/h4-7,9-11H,3,8H2,1-2H3,(H,19,20,21). The van der Waals surface area contributed by atoms with Crippen molar-refractivity contribution in [3.63, 3.8) is 0 Å². The van der Waals surface area contributed by atoms with Crippen LogP contribution in [0.1, 0.15) is 18.9 Å². The number of hydrogen-bond donors (Lipinski definition) is 1. The summed E-state index contributed by atoms with van der Waals surface area (Å²) in [6.07, 6.45) is 4.73. The van der Waals surface area contributed by atoms with Crippen molar-refractivity contribution < 1.29 is 0 Å². The first kappa shape index (κ1) is 13.5. The van der Waals surface area contributed by atoms with Crippen LogP contribution in [0.25, 0.3) is 22.2 Å². The number of benzene rings is 1. The van der Waals surface area contributed by atoms with E-state index in [0.717, 1.165) is 40.7 Å². The van der Waals surface area contributed by atoms with Gasteiger partial charge in [-0.15, -0.1) is 0 Å². The first-order valence-corrected chi connectivity index (χ1v) is 7.20. The van der Waals surface area contributed by atoms with Crippen molar-refractivity contribution in [3.05, 3.63) is 48.3 Å². The summed E-state index contributed by atoms with van der Waals surface area (Å²) in [6.45, 7) is 5.04. The van der Waals surface area contributed by atoms with E-state index in [1.807, 2.05) is 31.5 Å². The highest BCUT2D eigenvalue weighted by atomic mass is 15.1. The molecule has 0 spiro atoms. The Hall–Kier alpha value is -2.49. The van der Waals surface area contributed by atoms with Crippen molar-refractivity contribution in [2.24, 2.45) is 0 Å². The first-order valence-electron chi connectivity index (χ1n) is 7.20. The molecule has 0 fully saturated rings. The highest BCUT2D eigenvalue weighted by molar-refractivity contribution is 5.84. The van der Waals surface area contributed by atoms with E-state index in [2.05, 4.69) is 45.4 Å². The second-order valence-corrected chi connectivity index (χ2v) is 5.06. The molecule has 0 atom stereocenters. The third-order valence-corrected chi connectivity index (χ3v) is 3.38. The van der Waals surface area contributed by atoms with Crippen LogP contribution in [-0.2, 0) is 0 Å². The van der Waals surface area contributed by atoms with E-state index in [-0.39, 0.29) is 0 Å². The predicted octanol–water partition coefficient (Wildman–Crippen LogP) is 3.82. The fourth-order valence-corrected chi connectivity index (χ4v) is 2.28. The van der Waals surface area contributed by atoms with Gasteiger partial charge in [0.25, 0.3) is 0 Å². The molecule has 0 aliphatic heterocycles. The SMILES string of the molecule is CCCNc1ncc(C)c(-c2ccc3ncccc3c2)n1. The lowest BCUT2D eigenvalue weighted by molar-refractivity contribution is 0.951. The molecule has 0 saturated heterocycles. The average molecular weight is 278 g/mol. The van der Waals surface area contributed by atoms with Gasteiger partial charge in [-0.2, -0.15) is 0 Å². The van der Waals surface area contributed by atoms with Crippen molar-refractivity contribution >= 4 is 16.9 Å². The second kappa shape index (κ2) is 5.87. The number of fused-ring (bicyclic) bond motifs is 1. The fourth-order valence-electron chi connectivity index (χ4n) is 2.28. The van der Waals surface area contributed by atoms with Gasteiger partial charge >= 0.3 is 0 Å². The number of rotatable bonds is 4. The Morgan fingerprint density at radius 1 is 1.14 bits per heavy atom. The van der Waals surface area contributed by atoms with Crippen LogP contribution in [0.2, 0.25) is 0 Å². The van der Waals surface area contributed by atoms with Crippen molar-refractivity contribution in [1.29, 1.82) is 0 Å². The summed E-state index contributed by atoms with van der Waals surface area (Å²) in [4.78, 5) is 13.3. The Morgan fingerprint density at radius 3 is 2.90 bits per heavy atom. The van der Waals surface area contributed by atoms with E-state index < -0.39 is 0 Å². The smallest absolute Gasteiger partial charge is 0.223 e. The zero-order valence-electron chi connectivity index (χ0n) is 12.3. The van der Waals surface area contributed by atoms with Gasteiger partial charge in [0.05, 0.1) is 11.2 Å². The third kappa shape index (κ3) is 2.84. The second-order valence-electron chi connectivity index (χ2n) is 5.06. The lowest BCUT2D eigenvalue weighted by Crippen LogP contribution is -2.05. The van der Waals surface area contributed by atoms with Gasteiger partial charge in [0, 0.05) is 29.9 Å². The van der Waals surface area contributed by atoms with Crippen LogP contribution in [-0.4, -0.2) is 21.5 Å². The lowest BCUT2D eigenvalue weighted by Gasteiger charge is -2.09. The Morgan fingerprint density at radius 2 is 2.05 bits per heavy atom. The summed E-state index contributed by atoms with van der Waals surface area (Å²) in [5.74, 6) is 0.684. The fraction of sp³-hybridized carbons (Fsp3) is 0.235. The number of aromatic nitrogens is 3. The third-order valence-electron chi connectivity index (χ3n) is 3.38. The molecule has 3 rings (SSSR count). The topological polar surface area (TPSA) is 50.7 Å². The zero-order valence-corrected chi connectivity index (χ0v) is 12.3. The molecular formula is C17H18N4. The molecule has 0 bridgehead atoms. The number of hydrogen-bond acceptors (Lipinski definition) is 4. The number of anilines is 1. The largest absolute Gasteiger partial charge is 0.354 e. The molecule has 21 heavy (non-hydrogen) atoms. The zero-order chi connectivity index (χ0) is 14.7. The van der Waals surface area contributed by atoms with Gasteiger partial charge in [0.15, 0.2) is 0 Å². The molecule has 0 saturated carbocycles. The van der Waals surface area contributed by atoms with E-state index in [1.54, 1.807) is 0 Å². The highest BCUT2D eigenvalue weighted by Crippen LogP contribution is 2.25. The van der Waals surface area contributed by atoms with Gasteiger partial charge in [-0.05, 0) is 37.1 Å². The van der Waals surface area contributed by atoms with Crippen LogP contribution in [0, 0.1) is 6.92 Å². The molecule has 3 aromatic rings. The summed E-state index contributed by atoms with van der Waals surface area (Å²) in [7, 11) is 0. The Balaban J connectivity index is 2.04. The predicted molar refractivity (Wildman–Crippen MR) is 86.3 cm³/mol. The Kier molecular flexibility index (Phi) is 3.77. The maximum absolute atomic E-state index is 4.64. The van der Waals surface area contributed by atoms with Gasteiger partial charge in [-0.1, -0.05) is 19.1 Å². The van der Waals surface area contributed by atoms with Crippen molar-refractivity contribution in [2.75, 3.05) is 11.9 Å². The van der Waals surface area contributed by atoms with E-state index in [1.165, 1.54) is 0 Å². The molecule has 2 heterocycles. The monoisotopic (exact) mass is 278 g/mol. The maximum atomic E-state index is 4.64. The van der Waals surface area contributed by atoms with Gasteiger partial charge in [-0.3, -0.25) is 4.98 Å². The van der Waals surface area contributed by atoms with E-state index >= 15 is 0 Å². The minimum absolute atomic E-state index is 0.684. The average Bonchev–Trinajstić information content (AvgIpc) is 2.53. The molecule has 0 radical (unpaired) electrons. The molecule has 0 unspecified atom stereocenters. The molecule has 1 aromatic carbocycles. The molecule has 1 N–H and O–H groups in total. The van der Waals surface area contributed by atoms with Gasteiger partial charge in [-0.25, -0.2) is 9.97 Å². The molecule has 0 aliphatic rings. The maximum Gasteiger partial charge on any atom is 0.223 e. The molecule has 4 heteroatoms. The summed E-state index contributed by atoms with van der Waals surface area (Å²) < 4.78 is 0. The quantitative estimate of drug-likeness (QED) is 0.788. The van der Waals surface area contributed by atoms with Crippen LogP contribution in [0.3, 0.4) is 0 Å². The van der Waals surface area contributed by atoms with Crippen LogP contribution in [0.5, 0.6) is 0 Å². The summed E-state index contributed by atoms with van der Waals surface area (Å²) in [5, 5.41) is 4.36. The van der Waals surface area contributed by atoms with E-state index in [0.29, 0.717) is 5.95 Å². The summed E-state index contributed by atoms with van der Waals surface area (Å²) in [6, 6.07) is 10.2. The summed E-state index contributed by atoms with van der Waals surface area (Å²) in [5.41, 5.74) is 4.13. The normalized spacial score (nSPS) is 10.8. The van der Waals surface area contributed by atoms with E-state index in [9.17, 15) is 0 Å². The van der Waals surface area contributed by atoms with Crippen molar-refractivity contribution in [1.82, 2.24) is 15.0 Å². The number of pyridine rings is 1. The van der Waals surface area contributed by atoms with Gasteiger partial charge in [0.2, 0.25) is 5.95 Å². The molecule has 4 nitrogen and oxygen atoms in total. The minimum atomic E-state index is 0.684. The summed E-state index contributed by atoms with van der Waals surface area (Å²) >= 11 is 0. The number of nitrogens with zero attached hydrogens (tertiary/aromatic N) is 3. The lowest BCUT2D eigenvalue weighted by atomic mass is 10.1. The van der Waals surface area contributed by atoms with Crippen LogP contribution < -0.4 is 5.32 Å². The molecule has 0 amide bonds. The molecule has 2 aromatic heterocycles. The van der Waals surface area contributed by atoms with Gasteiger partial charge in [0.1, 0.15) is 0 Å². The van der Waals surface area contributed by atoms with E-state index in [4.69, 9.17) is 0 Å². The first-order chi connectivity index (χ1) is 10.3. The Bertz CT molecular complexity index is 768.